The van der Waals surface area contributed by atoms with Crippen molar-refractivity contribution in [2.45, 2.75) is 56.1 Å². The average molecular weight is 477 g/mol. The zero-order valence-electron chi connectivity index (χ0n) is 18.9. The Hall–Kier alpha value is -2.33. The maximum Gasteiger partial charge on any atom is 0.208 e. The number of fused-ring (bicyclic) bond motifs is 1. The fourth-order valence-electron chi connectivity index (χ4n) is 4.69. The van der Waals surface area contributed by atoms with Crippen LogP contribution < -0.4 is 5.73 Å². The molecule has 0 aromatic heterocycles. The van der Waals surface area contributed by atoms with Gasteiger partial charge in [-0.1, -0.05) is 17.7 Å². The number of likely N-dealkylation sites (N-methyl/N-ethyl adjacent to an activating group) is 1. The summed E-state index contributed by atoms with van der Waals surface area (Å²) in [7, 11) is 7.61. The molecule has 1 aliphatic rings. The van der Waals surface area contributed by atoms with Crippen molar-refractivity contribution < 1.29 is 30.6 Å². The topological polar surface area (TPSA) is 151 Å². The Labute approximate surface area is 199 Å². The Balaban J connectivity index is 1.97. The lowest BCUT2D eigenvalue weighted by atomic mass is 9.82. The van der Waals surface area contributed by atoms with Gasteiger partial charge in [0.05, 0.1) is 11.2 Å². The van der Waals surface area contributed by atoms with Crippen molar-refractivity contribution in [3.05, 3.63) is 39.9 Å². The number of nitrogens with zero attached hydrogens (tertiary/aromatic N) is 1. The van der Waals surface area contributed by atoms with Crippen molar-refractivity contribution in [1.82, 2.24) is 4.90 Å². The third-order valence-corrected chi connectivity index (χ3v) is 7.27. The molecule has 0 spiro atoms. The summed E-state index contributed by atoms with van der Waals surface area (Å²) in [6, 6.07) is 5.30. The maximum absolute atomic E-state index is 10.5. The first-order valence-electron chi connectivity index (χ1n) is 10.7. The van der Waals surface area contributed by atoms with Crippen molar-refractivity contribution in [2.75, 3.05) is 13.6 Å². The van der Waals surface area contributed by atoms with Gasteiger partial charge >= 0.3 is 0 Å². The van der Waals surface area contributed by atoms with Gasteiger partial charge in [-0.2, -0.15) is 0 Å². The molecule has 0 aliphatic heterocycles. The number of hydrogen-bond acceptors (Lipinski definition) is 8. The first-order valence-corrected chi connectivity index (χ1v) is 11.0. The molecule has 0 amide bonds. The third-order valence-electron chi connectivity index (χ3n) is 7.03. The Morgan fingerprint density at radius 1 is 1.03 bits per heavy atom. The van der Waals surface area contributed by atoms with E-state index in [0.717, 1.165) is 11.1 Å². The molecule has 10 heteroatoms. The number of aliphatic hydroxyl groups is 1. The second kappa shape index (κ2) is 8.79. The lowest BCUT2D eigenvalue weighted by Gasteiger charge is -2.45. The Bertz CT molecular complexity index is 1030. The Morgan fingerprint density at radius 2 is 1.58 bits per heavy atom. The van der Waals surface area contributed by atoms with Gasteiger partial charge in [0.25, 0.3) is 0 Å². The number of hydrogen-bond donors (Lipinski definition) is 7. The number of benzene rings is 2. The van der Waals surface area contributed by atoms with Crippen molar-refractivity contribution >= 4 is 19.4 Å². The molecule has 1 aliphatic carbocycles. The predicted molar refractivity (Wildman–Crippen MR) is 126 cm³/mol. The number of aromatic hydroxyl groups is 5. The third kappa shape index (κ3) is 4.42. The van der Waals surface area contributed by atoms with E-state index in [-0.39, 0.29) is 18.0 Å². The van der Waals surface area contributed by atoms with Crippen LogP contribution in [0.3, 0.4) is 0 Å². The minimum atomic E-state index is -1.67. The fourth-order valence-corrected chi connectivity index (χ4v) is 4.87. The van der Waals surface area contributed by atoms with Crippen LogP contribution in [0.2, 0.25) is 5.02 Å². The lowest BCUT2D eigenvalue weighted by Crippen LogP contribution is -2.60. The molecular formula is C23H30BClN2O6. The van der Waals surface area contributed by atoms with E-state index in [4.69, 9.17) is 25.2 Å². The molecule has 2 radical (unpaired) electrons. The molecular weight excluding hydrogens is 447 g/mol. The van der Waals surface area contributed by atoms with Crippen molar-refractivity contribution in [3.8, 4) is 28.7 Å². The summed E-state index contributed by atoms with van der Waals surface area (Å²) in [5.74, 6) is -4.76. The van der Waals surface area contributed by atoms with Crippen molar-refractivity contribution in [1.29, 1.82) is 0 Å². The van der Waals surface area contributed by atoms with E-state index in [1.165, 1.54) is 0 Å². The van der Waals surface area contributed by atoms with Gasteiger partial charge in [-0.25, -0.2) is 0 Å². The molecule has 2 aromatic carbocycles. The molecule has 0 fully saturated rings. The highest BCUT2D eigenvalue weighted by Crippen LogP contribution is 2.58. The molecule has 8 nitrogen and oxygen atoms in total. The lowest BCUT2D eigenvalue weighted by molar-refractivity contribution is -0.0707. The van der Waals surface area contributed by atoms with Gasteiger partial charge in [0, 0.05) is 23.0 Å². The number of nitrogens with two attached hydrogens (primary N) is 1. The second-order valence-corrected chi connectivity index (χ2v) is 9.84. The standard InChI is InChI=1S/C23H30BClN2O6/c1-22(2,27(3)23(24,33)10-26)7-6-11-8-15(13-5-4-12(25)9-14(11)13)16-17(28)19(30)21(32)20(31)18(16)29/h4-5,9,11,15,28-33H,6-8,10,26H2,1-3H3/t11-,15-,23?/m1/s1. The average Bonchev–Trinajstić information content (AvgIpc) is 3.11. The molecule has 0 heterocycles. The monoisotopic (exact) mass is 476 g/mol. The normalized spacial score (nSPS) is 20.1. The summed E-state index contributed by atoms with van der Waals surface area (Å²) in [5.41, 5.74) is 5.06. The second-order valence-electron chi connectivity index (χ2n) is 9.41. The molecule has 2 aromatic rings. The number of halogens is 1. The van der Waals surface area contributed by atoms with Crippen LogP contribution in [0.5, 0.6) is 28.7 Å². The number of phenols is 5. The minimum Gasteiger partial charge on any atom is -0.504 e. The smallest absolute Gasteiger partial charge is 0.208 e. The highest BCUT2D eigenvalue weighted by Gasteiger charge is 2.40. The van der Waals surface area contributed by atoms with E-state index in [0.29, 0.717) is 24.3 Å². The van der Waals surface area contributed by atoms with E-state index in [2.05, 4.69) is 0 Å². The van der Waals surface area contributed by atoms with Crippen LogP contribution in [-0.2, 0) is 0 Å². The van der Waals surface area contributed by atoms with Gasteiger partial charge in [-0.15, -0.1) is 0 Å². The van der Waals surface area contributed by atoms with E-state index in [9.17, 15) is 30.6 Å². The number of rotatable bonds is 7. The first kappa shape index (κ1) is 25.3. The summed E-state index contributed by atoms with van der Waals surface area (Å²) in [5, 5.41) is 61.7. The van der Waals surface area contributed by atoms with Crippen LogP contribution in [0.4, 0.5) is 0 Å². The van der Waals surface area contributed by atoms with Crippen LogP contribution in [0, 0.1) is 0 Å². The Kier molecular flexibility index (Phi) is 6.74. The van der Waals surface area contributed by atoms with Crippen LogP contribution in [0.15, 0.2) is 18.2 Å². The fraction of sp³-hybridized carbons (Fsp3) is 0.478. The van der Waals surface area contributed by atoms with Crippen molar-refractivity contribution in [3.63, 3.8) is 0 Å². The van der Waals surface area contributed by atoms with Crippen LogP contribution in [0.25, 0.3) is 0 Å². The van der Waals surface area contributed by atoms with E-state index >= 15 is 0 Å². The molecule has 8 N–H and O–H groups in total. The van der Waals surface area contributed by atoms with Gasteiger partial charge in [0.1, 0.15) is 7.85 Å². The predicted octanol–water partition coefficient (Wildman–Crippen LogP) is 2.75. The van der Waals surface area contributed by atoms with E-state index in [1.54, 1.807) is 24.1 Å². The first-order chi connectivity index (χ1) is 15.2. The SMILES string of the molecule is [B]C(O)(CN)N(C)C(C)(C)CC[C@@H]1C[C@@H](c2c(O)c(O)c(O)c(O)c2O)c2ccc(Cl)cc21. The van der Waals surface area contributed by atoms with E-state index in [1.807, 2.05) is 19.9 Å². The van der Waals surface area contributed by atoms with Gasteiger partial charge < -0.3 is 36.4 Å². The molecule has 3 rings (SSSR count). The quantitative estimate of drug-likeness (QED) is 0.139. The van der Waals surface area contributed by atoms with Gasteiger partial charge in [0.2, 0.25) is 17.2 Å². The zero-order chi connectivity index (χ0) is 24.9. The molecule has 33 heavy (non-hydrogen) atoms. The zero-order valence-corrected chi connectivity index (χ0v) is 19.6. The van der Waals surface area contributed by atoms with Crippen LogP contribution in [0.1, 0.15) is 61.6 Å². The molecule has 3 atom stereocenters. The minimum absolute atomic E-state index is 0.0444. The van der Waals surface area contributed by atoms with Crippen LogP contribution in [-0.4, -0.2) is 68.1 Å². The summed E-state index contributed by atoms with van der Waals surface area (Å²) in [6.45, 7) is 3.75. The maximum atomic E-state index is 10.5. The van der Waals surface area contributed by atoms with E-state index < -0.39 is 45.8 Å². The van der Waals surface area contributed by atoms with Gasteiger partial charge in [-0.05, 0) is 69.3 Å². The highest BCUT2D eigenvalue weighted by molar-refractivity contribution is 6.30. The molecule has 0 saturated heterocycles. The molecule has 178 valence electrons. The van der Waals surface area contributed by atoms with Crippen LogP contribution >= 0.6 is 11.6 Å². The number of phenolic OH excluding ortho intramolecular Hbond substituents is 5. The molecule has 0 saturated carbocycles. The summed E-state index contributed by atoms with van der Waals surface area (Å²) < 4.78 is 0. The Morgan fingerprint density at radius 3 is 2.12 bits per heavy atom. The molecule has 1 unspecified atom stereocenters. The van der Waals surface area contributed by atoms with Gasteiger partial charge in [0.15, 0.2) is 11.5 Å². The summed E-state index contributed by atoms with van der Waals surface area (Å²) in [6.07, 6.45) is 1.72. The van der Waals surface area contributed by atoms with Crippen molar-refractivity contribution in [2.24, 2.45) is 5.73 Å². The summed E-state index contributed by atoms with van der Waals surface area (Å²) >= 11 is 6.25. The highest BCUT2D eigenvalue weighted by atomic mass is 35.5. The van der Waals surface area contributed by atoms with Gasteiger partial charge in [-0.3, -0.25) is 4.90 Å². The molecule has 0 bridgehead atoms. The summed E-state index contributed by atoms with van der Waals surface area (Å²) in [4.78, 5) is 1.62. The largest absolute Gasteiger partial charge is 0.504 e.